The number of rotatable bonds is 3. The summed E-state index contributed by atoms with van der Waals surface area (Å²) in [6.07, 6.45) is 6.93. The average molecular weight is 158 g/mol. The van der Waals surface area contributed by atoms with Crippen LogP contribution in [0.25, 0.3) is 6.08 Å². The second-order valence-corrected chi connectivity index (χ2v) is 2.65. The van der Waals surface area contributed by atoms with Gasteiger partial charge in [0.05, 0.1) is 0 Å². The van der Waals surface area contributed by atoms with E-state index in [0.29, 0.717) is 0 Å². The molecule has 0 unspecified atom stereocenters. The lowest BCUT2D eigenvalue weighted by atomic mass is 10.1. The predicted octanol–water partition coefficient (Wildman–Crippen LogP) is 3.45. The Bertz CT molecular complexity index is 282. The van der Waals surface area contributed by atoms with Gasteiger partial charge in [-0.15, -0.1) is 0 Å². The van der Waals surface area contributed by atoms with Gasteiger partial charge < -0.3 is 0 Å². The SMILES string of the molecule is C=C/C=C/c1ccccc1CC. The first-order valence-electron chi connectivity index (χ1n) is 4.25. The molecule has 0 atom stereocenters. The Kier molecular flexibility index (Phi) is 3.34. The van der Waals surface area contributed by atoms with Crippen molar-refractivity contribution in [2.75, 3.05) is 0 Å². The van der Waals surface area contributed by atoms with Crippen molar-refractivity contribution in [3.63, 3.8) is 0 Å². The lowest BCUT2D eigenvalue weighted by Gasteiger charge is -2.00. The Balaban J connectivity index is 2.96. The zero-order valence-corrected chi connectivity index (χ0v) is 7.46. The average Bonchev–Trinajstić information content (AvgIpc) is 2.15. The van der Waals surface area contributed by atoms with Crippen molar-refractivity contribution >= 4 is 6.08 Å². The topological polar surface area (TPSA) is 0 Å². The van der Waals surface area contributed by atoms with Crippen molar-refractivity contribution in [3.05, 3.63) is 54.1 Å². The van der Waals surface area contributed by atoms with Crippen LogP contribution in [0.15, 0.2) is 43.0 Å². The van der Waals surface area contributed by atoms with Gasteiger partial charge in [0.25, 0.3) is 0 Å². The van der Waals surface area contributed by atoms with E-state index in [2.05, 4.69) is 43.8 Å². The monoisotopic (exact) mass is 158 g/mol. The minimum Gasteiger partial charge on any atom is -0.0991 e. The lowest BCUT2D eigenvalue weighted by molar-refractivity contribution is 1.13. The quantitative estimate of drug-likeness (QED) is 0.591. The molecule has 0 spiro atoms. The maximum atomic E-state index is 3.64. The highest BCUT2D eigenvalue weighted by atomic mass is 14.0. The van der Waals surface area contributed by atoms with E-state index in [1.54, 1.807) is 6.08 Å². The van der Waals surface area contributed by atoms with Gasteiger partial charge in [-0.1, -0.05) is 56.0 Å². The molecule has 0 aliphatic carbocycles. The van der Waals surface area contributed by atoms with Gasteiger partial charge in [-0.25, -0.2) is 0 Å². The van der Waals surface area contributed by atoms with E-state index in [1.165, 1.54) is 11.1 Å². The molecule has 0 N–H and O–H groups in total. The van der Waals surface area contributed by atoms with Crippen LogP contribution < -0.4 is 0 Å². The predicted molar refractivity (Wildman–Crippen MR) is 55.1 cm³/mol. The van der Waals surface area contributed by atoms with Crippen molar-refractivity contribution in [3.8, 4) is 0 Å². The van der Waals surface area contributed by atoms with E-state index in [1.807, 2.05) is 6.08 Å². The van der Waals surface area contributed by atoms with E-state index in [4.69, 9.17) is 0 Å². The first kappa shape index (κ1) is 8.79. The summed E-state index contributed by atoms with van der Waals surface area (Å²) in [7, 11) is 0. The Morgan fingerprint density at radius 1 is 1.33 bits per heavy atom. The molecule has 12 heavy (non-hydrogen) atoms. The first-order valence-corrected chi connectivity index (χ1v) is 4.25. The fourth-order valence-corrected chi connectivity index (χ4v) is 1.19. The summed E-state index contributed by atoms with van der Waals surface area (Å²) in [5.41, 5.74) is 2.68. The highest BCUT2D eigenvalue weighted by Gasteiger charge is 1.92. The summed E-state index contributed by atoms with van der Waals surface area (Å²) in [6, 6.07) is 8.41. The molecule has 0 aliphatic heterocycles. The molecule has 0 aliphatic rings. The van der Waals surface area contributed by atoms with Crippen LogP contribution in [0.4, 0.5) is 0 Å². The van der Waals surface area contributed by atoms with Crippen LogP contribution in [0, 0.1) is 0 Å². The smallest absolute Gasteiger partial charge is 0.0225 e. The van der Waals surface area contributed by atoms with Gasteiger partial charge in [0.15, 0.2) is 0 Å². The van der Waals surface area contributed by atoms with Crippen LogP contribution in [0.5, 0.6) is 0 Å². The minimum absolute atomic E-state index is 1.08. The van der Waals surface area contributed by atoms with Crippen LogP contribution in [0.3, 0.4) is 0 Å². The number of hydrogen-bond acceptors (Lipinski definition) is 0. The summed E-state index contributed by atoms with van der Waals surface area (Å²) in [4.78, 5) is 0. The molecular weight excluding hydrogens is 144 g/mol. The number of hydrogen-bond donors (Lipinski definition) is 0. The van der Waals surface area contributed by atoms with E-state index < -0.39 is 0 Å². The molecule has 1 aromatic rings. The molecule has 0 nitrogen and oxygen atoms in total. The normalized spacial score (nSPS) is 10.4. The Morgan fingerprint density at radius 2 is 2.08 bits per heavy atom. The molecule has 0 bridgehead atoms. The number of benzene rings is 1. The van der Waals surface area contributed by atoms with Gasteiger partial charge in [-0.05, 0) is 17.5 Å². The third-order valence-electron chi connectivity index (χ3n) is 1.85. The third-order valence-corrected chi connectivity index (χ3v) is 1.85. The molecule has 0 heterocycles. The summed E-state index contributed by atoms with van der Waals surface area (Å²) in [5, 5.41) is 0. The Hall–Kier alpha value is -1.30. The Morgan fingerprint density at radius 3 is 2.75 bits per heavy atom. The Labute approximate surface area is 74.2 Å². The summed E-state index contributed by atoms with van der Waals surface area (Å²) in [5.74, 6) is 0. The van der Waals surface area contributed by atoms with Gasteiger partial charge in [0.2, 0.25) is 0 Å². The second kappa shape index (κ2) is 4.55. The molecule has 0 radical (unpaired) electrons. The van der Waals surface area contributed by atoms with E-state index in [0.717, 1.165) is 6.42 Å². The van der Waals surface area contributed by atoms with E-state index in [9.17, 15) is 0 Å². The van der Waals surface area contributed by atoms with Crippen LogP contribution in [-0.4, -0.2) is 0 Å². The third kappa shape index (κ3) is 2.09. The molecule has 0 saturated carbocycles. The van der Waals surface area contributed by atoms with Crippen molar-refractivity contribution in [1.29, 1.82) is 0 Å². The van der Waals surface area contributed by atoms with Crippen LogP contribution in [0.2, 0.25) is 0 Å². The highest BCUT2D eigenvalue weighted by molar-refractivity contribution is 5.54. The standard InChI is InChI=1S/C12H14/c1-3-5-8-12-10-7-6-9-11(12)4-2/h3,5-10H,1,4H2,2H3/b8-5+. The lowest BCUT2D eigenvalue weighted by Crippen LogP contribution is -1.83. The van der Waals surface area contributed by atoms with Gasteiger partial charge in [-0.3, -0.25) is 0 Å². The minimum atomic E-state index is 1.08. The molecule has 0 saturated heterocycles. The summed E-state index contributed by atoms with van der Waals surface area (Å²) in [6.45, 7) is 5.81. The number of aryl methyl sites for hydroxylation is 1. The summed E-state index contributed by atoms with van der Waals surface area (Å²) < 4.78 is 0. The second-order valence-electron chi connectivity index (χ2n) is 2.65. The fraction of sp³-hybridized carbons (Fsp3) is 0.167. The van der Waals surface area contributed by atoms with Crippen molar-refractivity contribution in [2.24, 2.45) is 0 Å². The van der Waals surface area contributed by atoms with Crippen LogP contribution in [-0.2, 0) is 6.42 Å². The molecule has 1 rings (SSSR count). The molecule has 0 aromatic heterocycles. The van der Waals surface area contributed by atoms with Crippen LogP contribution >= 0.6 is 0 Å². The van der Waals surface area contributed by atoms with Crippen molar-refractivity contribution < 1.29 is 0 Å². The van der Waals surface area contributed by atoms with Gasteiger partial charge >= 0.3 is 0 Å². The van der Waals surface area contributed by atoms with Gasteiger partial charge in [0, 0.05) is 0 Å². The largest absolute Gasteiger partial charge is 0.0991 e. The summed E-state index contributed by atoms with van der Waals surface area (Å²) >= 11 is 0. The molecule has 0 fully saturated rings. The van der Waals surface area contributed by atoms with Crippen molar-refractivity contribution in [1.82, 2.24) is 0 Å². The zero-order chi connectivity index (χ0) is 8.81. The van der Waals surface area contributed by atoms with E-state index in [-0.39, 0.29) is 0 Å². The van der Waals surface area contributed by atoms with Gasteiger partial charge in [0.1, 0.15) is 0 Å². The molecule has 62 valence electrons. The van der Waals surface area contributed by atoms with Gasteiger partial charge in [-0.2, -0.15) is 0 Å². The van der Waals surface area contributed by atoms with Crippen molar-refractivity contribution in [2.45, 2.75) is 13.3 Å². The molecule has 0 heteroatoms. The number of allylic oxidation sites excluding steroid dienone is 2. The maximum Gasteiger partial charge on any atom is -0.0225 e. The maximum absolute atomic E-state index is 3.64. The first-order chi connectivity index (χ1) is 5.88. The fourth-order valence-electron chi connectivity index (χ4n) is 1.19. The molecule has 1 aromatic carbocycles. The molecule has 0 amide bonds. The van der Waals surface area contributed by atoms with Crippen LogP contribution in [0.1, 0.15) is 18.1 Å². The highest BCUT2D eigenvalue weighted by Crippen LogP contribution is 2.10. The van der Waals surface area contributed by atoms with E-state index >= 15 is 0 Å². The zero-order valence-electron chi connectivity index (χ0n) is 7.46. The molecular formula is C12H14.